The largest absolute Gasteiger partial charge is 0.444 e. The lowest BCUT2D eigenvalue weighted by Gasteiger charge is -2.36. The second-order valence-corrected chi connectivity index (χ2v) is 10.8. The molecule has 1 aliphatic carbocycles. The molecule has 2 N–H and O–H groups in total. The Kier molecular flexibility index (Phi) is 8.26. The van der Waals surface area contributed by atoms with Crippen LogP contribution in [-0.4, -0.2) is 51.8 Å². The molecule has 0 aromatic heterocycles. The van der Waals surface area contributed by atoms with Crippen molar-refractivity contribution in [1.82, 2.24) is 15.5 Å². The first-order valence-electron chi connectivity index (χ1n) is 11.0. The maximum Gasteiger partial charge on any atom is 0.408 e. The van der Waals surface area contributed by atoms with Crippen LogP contribution in [0, 0.1) is 6.92 Å². The van der Waals surface area contributed by atoms with Crippen molar-refractivity contribution in [3.05, 3.63) is 35.4 Å². The highest BCUT2D eigenvalue weighted by Gasteiger charge is 2.44. The van der Waals surface area contributed by atoms with Crippen LogP contribution in [0.3, 0.4) is 0 Å². The Morgan fingerprint density at radius 3 is 2.25 bits per heavy atom. The van der Waals surface area contributed by atoms with Gasteiger partial charge in [-0.05, 0) is 66.9 Å². The first-order chi connectivity index (χ1) is 14.7. The lowest BCUT2D eigenvalue weighted by molar-refractivity contribution is -0.143. The van der Waals surface area contributed by atoms with E-state index in [9.17, 15) is 14.4 Å². The molecule has 2 rings (SSSR count). The number of amides is 3. The highest BCUT2D eigenvalue weighted by atomic mass is 32.1. The van der Waals surface area contributed by atoms with Crippen LogP contribution in [0.4, 0.5) is 4.79 Å². The van der Waals surface area contributed by atoms with Gasteiger partial charge in [0.25, 0.3) is 0 Å². The Hall–Kier alpha value is -2.22. The number of nitrogens with one attached hydrogen (secondary N) is 2. The number of alkyl carbamates (subject to hydrolysis) is 1. The Morgan fingerprint density at radius 2 is 1.78 bits per heavy atom. The normalized spacial score (nSPS) is 16.0. The molecular weight excluding hydrogens is 426 g/mol. The summed E-state index contributed by atoms with van der Waals surface area (Å²) >= 11 is 4.30. The summed E-state index contributed by atoms with van der Waals surface area (Å²) in [6.07, 6.45) is 0.928. The molecular formula is C24H37N3O4S. The van der Waals surface area contributed by atoms with Crippen LogP contribution in [0.2, 0.25) is 0 Å². The summed E-state index contributed by atoms with van der Waals surface area (Å²) in [4.78, 5) is 41.0. The number of carbonyl (C=O) groups excluding carboxylic acids is 3. The first kappa shape index (κ1) is 26.0. The molecule has 0 bridgehead atoms. The van der Waals surface area contributed by atoms with Gasteiger partial charge in [-0.3, -0.25) is 9.59 Å². The quantitative estimate of drug-likeness (QED) is 0.537. The molecule has 1 aromatic rings. The average molecular weight is 464 g/mol. The standard InChI is InChI=1S/C24H37N3O4S/c1-15-9-8-10-16(13-15)19(20(28)26-23(2,3)4)27(17-11-12-17)21(29)18(14-32)25-22(30)31-24(5,6)7/h8-10,13,17-19,32H,11-12,14H2,1-7H3,(H,25,30)(H,26,28). The molecule has 1 fully saturated rings. The minimum Gasteiger partial charge on any atom is -0.444 e. The van der Waals surface area contributed by atoms with Crippen LogP contribution in [0.15, 0.2) is 24.3 Å². The Balaban J connectivity index is 2.39. The molecule has 1 saturated carbocycles. The third-order valence-electron chi connectivity index (χ3n) is 4.75. The van der Waals surface area contributed by atoms with Crippen molar-refractivity contribution in [1.29, 1.82) is 0 Å². The van der Waals surface area contributed by atoms with E-state index in [1.807, 2.05) is 52.0 Å². The van der Waals surface area contributed by atoms with E-state index in [0.29, 0.717) is 0 Å². The summed E-state index contributed by atoms with van der Waals surface area (Å²) in [5.74, 6) is -0.509. The summed E-state index contributed by atoms with van der Waals surface area (Å²) in [7, 11) is 0. The zero-order valence-electron chi connectivity index (χ0n) is 20.2. The summed E-state index contributed by atoms with van der Waals surface area (Å²) in [5, 5.41) is 5.65. The lowest BCUT2D eigenvalue weighted by atomic mass is 9.99. The van der Waals surface area contributed by atoms with E-state index >= 15 is 0 Å². The number of nitrogens with zero attached hydrogens (tertiary/aromatic N) is 1. The molecule has 0 spiro atoms. The van der Waals surface area contributed by atoms with E-state index in [2.05, 4.69) is 23.3 Å². The van der Waals surface area contributed by atoms with Crippen LogP contribution in [0.1, 0.15) is 71.6 Å². The van der Waals surface area contributed by atoms with Crippen molar-refractivity contribution in [3.63, 3.8) is 0 Å². The highest BCUT2D eigenvalue weighted by molar-refractivity contribution is 7.80. The molecule has 178 valence electrons. The van der Waals surface area contributed by atoms with Crippen molar-refractivity contribution < 1.29 is 19.1 Å². The minimum atomic E-state index is -0.913. The molecule has 0 aliphatic heterocycles. The number of thiol groups is 1. The second-order valence-electron chi connectivity index (χ2n) is 10.4. The number of benzene rings is 1. The van der Waals surface area contributed by atoms with Gasteiger partial charge in [-0.15, -0.1) is 0 Å². The van der Waals surface area contributed by atoms with E-state index in [4.69, 9.17) is 4.74 Å². The van der Waals surface area contributed by atoms with Crippen LogP contribution in [-0.2, 0) is 14.3 Å². The van der Waals surface area contributed by atoms with Gasteiger partial charge >= 0.3 is 6.09 Å². The summed E-state index contributed by atoms with van der Waals surface area (Å²) in [6, 6.07) is 5.83. The molecule has 0 heterocycles. The molecule has 2 atom stereocenters. The molecule has 0 saturated heterocycles. The zero-order valence-corrected chi connectivity index (χ0v) is 21.1. The third-order valence-corrected chi connectivity index (χ3v) is 5.11. The number of ether oxygens (including phenoxy) is 1. The molecule has 8 heteroatoms. The zero-order chi connectivity index (χ0) is 24.3. The van der Waals surface area contributed by atoms with Gasteiger partial charge in [0.05, 0.1) is 0 Å². The van der Waals surface area contributed by atoms with E-state index in [0.717, 1.165) is 24.0 Å². The fraction of sp³-hybridized carbons (Fsp3) is 0.625. The van der Waals surface area contributed by atoms with Gasteiger partial charge in [0.1, 0.15) is 17.7 Å². The Morgan fingerprint density at radius 1 is 1.16 bits per heavy atom. The molecule has 32 heavy (non-hydrogen) atoms. The summed E-state index contributed by atoms with van der Waals surface area (Å²) < 4.78 is 5.32. The molecule has 1 aliphatic rings. The molecule has 7 nitrogen and oxygen atoms in total. The topological polar surface area (TPSA) is 87.7 Å². The van der Waals surface area contributed by atoms with E-state index in [-0.39, 0.29) is 23.6 Å². The fourth-order valence-corrected chi connectivity index (χ4v) is 3.65. The van der Waals surface area contributed by atoms with Crippen LogP contribution >= 0.6 is 12.6 Å². The first-order valence-corrected chi connectivity index (χ1v) is 11.7. The number of aryl methyl sites for hydroxylation is 1. The molecule has 2 unspecified atom stereocenters. The predicted molar refractivity (Wildman–Crippen MR) is 129 cm³/mol. The maximum atomic E-state index is 13.7. The maximum absolute atomic E-state index is 13.7. The van der Waals surface area contributed by atoms with Gasteiger partial charge in [0.15, 0.2) is 0 Å². The lowest BCUT2D eigenvalue weighted by Crippen LogP contribution is -2.55. The van der Waals surface area contributed by atoms with Crippen molar-refractivity contribution in [2.45, 2.75) is 90.6 Å². The smallest absolute Gasteiger partial charge is 0.408 e. The predicted octanol–water partition coefficient (Wildman–Crippen LogP) is 3.76. The number of carbonyl (C=O) groups is 3. The number of rotatable bonds is 7. The molecule has 0 radical (unpaired) electrons. The fourth-order valence-electron chi connectivity index (χ4n) is 3.40. The summed E-state index contributed by atoms with van der Waals surface area (Å²) in [5.41, 5.74) is 0.579. The van der Waals surface area contributed by atoms with Crippen molar-refractivity contribution >= 4 is 30.5 Å². The van der Waals surface area contributed by atoms with Crippen molar-refractivity contribution in [2.24, 2.45) is 0 Å². The van der Waals surface area contributed by atoms with Crippen molar-refractivity contribution in [3.8, 4) is 0 Å². The van der Waals surface area contributed by atoms with Gasteiger partial charge in [0.2, 0.25) is 11.8 Å². The Bertz CT molecular complexity index is 840. The SMILES string of the molecule is Cc1cccc(C(C(=O)NC(C)(C)C)N(C(=O)C(CS)NC(=O)OC(C)(C)C)C2CC2)c1. The van der Waals surface area contributed by atoms with E-state index < -0.39 is 29.3 Å². The summed E-state index contributed by atoms with van der Waals surface area (Å²) in [6.45, 7) is 12.9. The Labute approximate surface area is 197 Å². The molecule has 3 amide bonds. The van der Waals surface area contributed by atoms with Crippen LogP contribution in [0.5, 0.6) is 0 Å². The number of hydrogen-bond donors (Lipinski definition) is 3. The van der Waals surface area contributed by atoms with E-state index in [1.165, 1.54) is 0 Å². The van der Waals surface area contributed by atoms with Crippen LogP contribution < -0.4 is 10.6 Å². The van der Waals surface area contributed by atoms with Crippen molar-refractivity contribution in [2.75, 3.05) is 5.75 Å². The van der Waals surface area contributed by atoms with E-state index in [1.54, 1.807) is 25.7 Å². The molecule has 1 aromatic carbocycles. The van der Waals surface area contributed by atoms with Gasteiger partial charge < -0.3 is 20.3 Å². The highest BCUT2D eigenvalue weighted by Crippen LogP contribution is 2.36. The van der Waals surface area contributed by atoms with Crippen LogP contribution in [0.25, 0.3) is 0 Å². The van der Waals surface area contributed by atoms with Gasteiger partial charge in [-0.1, -0.05) is 29.8 Å². The number of hydrogen-bond acceptors (Lipinski definition) is 5. The van der Waals surface area contributed by atoms with Gasteiger partial charge in [0, 0.05) is 17.3 Å². The minimum absolute atomic E-state index is 0.0680. The third kappa shape index (κ3) is 7.73. The second kappa shape index (κ2) is 10.1. The van der Waals surface area contributed by atoms with Gasteiger partial charge in [-0.2, -0.15) is 12.6 Å². The average Bonchev–Trinajstić information content (AvgIpc) is 3.45. The van der Waals surface area contributed by atoms with Gasteiger partial charge in [-0.25, -0.2) is 4.79 Å². The monoisotopic (exact) mass is 463 g/mol.